The van der Waals surface area contributed by atoms with Crippen LogP contribution in [0.25, 0.3) is 0 Å². The molecule has 2 saturated carbocycles. The molecule has 1 aromatic rings. The fourth-order valence-corrected chi connectivity index (χ4v) is 4.76. The second-order valence-corrected chi connectivity index (χ2v) is 6.98. The van der Waals surface area contributed by atoms with Crippen LogP contribution in [0.2, 0.25) is 0 Å². The van der Waals surface area contributed by atoms with Gasteiger partial charge in [-0.15, -0.1) is 0 Å². The second kappa shape index (κ2) is 5.03. The maximum atomic E-state index is 12.6. The quantitative estimate of drug-likeness (QED) is 0.618. The van der Waals surface area contributed by atoms with Gasteiger partial charge in [0.15, 0.2) is 0 Å². The largest absolute Gasteiger partial charge is 0.490 e. The van der Waals surface area contributed by atoms with E-state index in [0.717, 1.165) is 31.2 Å². The van der Waals surface area contributed by atoms with E-state index < -0.39 is 10.9 Å². The third kappa shape index (κ3) is 2.36. The Labute approximate surface area is 127 Å². The van der Waals surface area contributed by atoms with Gasteiger partial charge in [-0.3, -0.25) is 4.79 Å². The average Bonchev–Trinajstić information content (AvgIpc) is 2.83. The van der Waals surface area contributed by atoms with Gasteiger partial charge in [0.2, 0.25) is 12.2 Å². The average molecular weight is 305 g/mol. The molecule has 3 heterocycles. The Morgan fingerprint density at radius 2 is 1.91 bits per heavy atom. The lowest BCUT2D eigenvalue weighted by Gasteiger charge is -2.38. The van der Waals surface area contributed by atoms with Crippen molar-refractivity contribution in [1.82, 2.24) is 19.7 Å². The Bertz CT molecular complexity index is 601. The van der Waals surface area contributed by atoms with Gasteiger partial charge in [-0.25, -0.2) is 0 Å². The lowest BCUT2D eigenvalue weighted by atomic mass is 9.68. The predicted molar refractivity (Wildman–Crippen MR) is 75.7 cm³/mol. The third-order valence-corrected chi connectivity index (χ3v) is 5.41. The minimum absolute atomic E-state index is 0.0120. The van der Waals surface area contributed by atoms with Gasteiger partial charge in [0.05, 0.1) is 0 Å². The molecule has 1 aromatic heterocycles. The van der Waals surface area contributed by atoms with Crippen molar-refractivity contribution < 1.29 is 9.72 Å². The number of hydrogen-bond acceptors (Lipinski definition) is 5. The summed E-state index contributed by atoms with van der Waals surface area (Å²) in [5.74, 6) is 1.76. The zero-order chi connectivity index (χ0) is 15.3. The van der Waals surface area contributed by atoms with E-state index in [1.807, 2.05) is 4.90 Å². The minimum atomic E-state index is -0.645. The van der Waals surface area contributed by atoms with Crippen LogP contribution in [-0.4, -0.2) is 43.1 Å². The summed E-state index contributed by atoms with van der Waals surface area (Å²) < 4.78 is 1.27. The standard InChI is InChI=1S/C14H19N5O3/c20-13(7-17-8-15-14(16-17)19(21)22)18-6-11-2-9-1-10(3-11)5-12(18)4-9/h8-12H,1-7H2. The molecule has 4 bridgehead atoms. The summed E-state index contributed by atoms with van der Waals surface area (Å²) in [6, 6.07) is 0.349. The zero-order valence-corrected chi connectivity index (χ0v) is 12.3. The first-order valence-electron chi connectivity index (χ1n) is 7.92. The Morgan fingerprint density at radius 3 is 2.55 bits per heavy atom. The Hall–Kier alpha value is -1.99. The van der Waals surface area contributed by atoms with Crippen LogP contribution in [0.4, 0.5) is 5.95 Å². The van der Waals surface area contributed by atoms with E-state index in [0.29, 0.717) is 12.0 Å². The maximum Gasteiger partial charge on any atom is 0.490 e. The van der Waals surface area contributed by atoms with E-state index in [-0.39, 0.29) is 12.5 Å². The van der Waals surface area contributed by atoms with Crippen LogP contribution in [0.15, 0.2) is 6.33 Å². The van der Waals surface area contributed by atoms with Gasteiger partial charge in [0.25, 0.3) is 0 Å². The van der Waals surface area contributed by atoms with Gasteiger partial charge in [-0.05, 0) is 54.8 Å². The van der Waals surface area contributed by atoms with E-state index in [1.54, 1.807) is 0 Å². The van der Waals surface area contributed by atoms with Crippen molar-refractivity contribution in [1.29, 1.82) is 0 Å². The molecular formula is C14H19N5O3. The van der Waals surface area contributed by atoms with Crippen LogP contribution in [0, 0.1) is 27.9 Å². The minimum Gasteiger partial charge on any atom is -0.390 e. The molecule has 0 spiro atoms. The molecule has 2 saturated heterocycles. The Kier molecular flexibility index (Phi) is 3.12. The molecule has 1 amide bonds. The lowest BCUT2D eigenvalue weighted by molar-refractivity contribution is -0.394. The molecule has 0 radical (unpaired) electrons. The Morgan fingerprint density at radius 1 is 1.23 bits per heavy atom. The number of carbonyl (C=O) groups is 1. The normalized spacial score (nSPS) is 33.0. The van der Waals surface area contributed by atoms with Crippen molar-refractivity contribution in [3.63, 3.8) is 0 Å². The second-order valence-electron chi connectivity index (χ2n) is 6.98. The summed E-state index contributed by atoms with van der Waals surface area (Å²) in [7, 11) is 0. The Balaban J connectivity index is 1.49. The smallest absolute Gasteiger partial charge is 0.390 e. The number of amides is 1. The lowest BCUT2D eigenvalue weighted by Crippen LogP contribution is -2.43. The zero-order valence-electron chi connectivity index (χ0n) is 12.3. The molecule has 4 fully saturated rings. The van der Waals surface area contributed by atoms with Gasteiger partial charge < -0.3 is 15.0 Å². The molecule has 0 aromatic carbocycles. The summed E-state index contributed by atoms with van der Waals surface area (Å²) in [4.78, 5) is 28.2. The van der Waals surface area contributed by atoms with E-state index in [4.69, 9.17) is 0 Å². The highest BCUT2D eigenvalue weighted by molar-refractivity contribution is 5.76. The molecule has 118 valence electrons. The molecular weight excluding hydrogens is 286 g/mol. The first-order chi connectivity index (χ1) is 10.6. The summed E-state index contributed by atoms with van der Waals surface area (Å²) in [6.07, 6.45) is 7.35. The van der Waals surface area contributed by atoms with Crippen LogP contribution in [0.3, 0.4) is 0 Å². The van der Waals surface area contributed by atoms with Gasteiger partial charge in [0.1, 0.15) is 6.54 Å². The summed E-state index contributed by atoms with van der Waals surface area (Å²) in [6.45, 7) is 0.882. The first kappa shape index (κ1) is 13.7. The maximum absolute atomic E-state index is 12.6. The molecule has 0 N–H and O–H groups in total. The van der Waals surface area contributed by atoms with Gasteiger partial charge in [-0.1, -0.05) is 4.98 Å². The topological polar surface area (TPSA) is 94.2 Å². The van der Waals surface area contributed by atoms with Crippen LogP contribution in [0.1, 0.15) is 32.1 Å². The monoisotopic (exact) mass is 305 g/mol. The number of nitro groups is 1. The van der Waals surface area contributed by atoms with Gasteiger partial charge in [-0.2, -0.15) is 4.68 Å². The molecule has 5 rings (SSSR count). The van der Waals surface area contributed by atoms with Crippen LogP contribution in [-0.2, 0) is 11.3 Å². The number of nitrogens with zero attached hydrogens (tertiary/aromatic N) is 5. The molecule has 8 heteroatoms. The van der Waals surface area contributed by atoms with Crippen molar-refractivity contribution in [2.24, 2.45) is 17.8 Å². The number of aromatic nitrogens is 3. The molecule has 2 aliphatic heterocycles. The van der Waals surface area contributed by atoms with Crippen molar-refractivity contribution in [2.75, 3.05) is 6.54 Å². The highest BCUT2D eigenvalue weighted by Gasteiger charge is 2.44. The van der Waals surface area contributed by atoms with Crippen molar-refractivity contribution >= 4 is 11.9 Å². The summed E-state index contributed by atoms with van der Waals surface area (Å²) in [5.41, 5.74) is 0. The third-order valence-electron chi connectivity index (χ3n) is 5.41. The fourth-order valence-electron chi connectivity index (χ4n) is 4.76. The van der Waals surface area contributed by atoms with E-state index in [2.05, 4.69) is 10.1 Å². The predicted octanol–water partition coefficient (Wildman–Crippen LogP) is 1.22. The number of carbonyl (C=O) groups excluding carboxylic acids is 1. The molecule has 2 atom stereocenters. The van der Waals surface area contributed by atoms with E-state index in [9.17, 15) is 14.9 Å². The number of rotatable bonds is 3. The van der Waals surface area contributed by atoms with Crippen molar-refractivity contribution in [2.45, 2.75) is 44.7 Å². The molecule has 2 aliphatic carbocycles. The highest BCUT2D eigenvalue weighted by atomic mass is 16.6. The number of fused-ring (bicyclic) bond motifs is 1. The summed E-state index contributed by atoms with van der Waals surface area (Å²) in [5, 5.41) is 14.3. The molecule has 4 aliphatic rings. The first-order valence-corrected chi connectivity index (χ1v) is 7.92. The molecule has 8 nitrogen and oxygen atoms in total. The SMILES string of the molecule is O=C(Cn1cnc([N+](=O)[O-])n1)N1CC2CC3CC(C2)CC1C3. The number of hydrogen-bond donors (Lipinski definition) is 0. The molecule has 22 heavy (non-hydrogen) atoms. The van der Waals surface area contributed by atoms with Gasteiger partial charge >= 0.3 is 5.95 Å². The van der Waals surface area contributed by atoms with E-state index in [1.165, 1.54) is 30.3 Å². The fraction of sp³-hybridized carbons (Fsp3) is 0.786. The molecule has 2 unspecified atom stereocenters. The summed E-state index contributed by atoms with van der Waals surface area (Å²) >= 11 is 0. The highest BCUT2D eigenvalue weighted by Crippen LogP contribution is 2.47. The van der Waals surface area contributed by atoms with Gasteiger partial charge in [0, 0.05) is 17.7 Å². The van der Waals surface area contributed by atoms with Crippen molar-refractivity contribution in [3.8, 4) is 0 Å². The van der Waals surface area contributed by atoms with Crippen LogP contribution < -0.4 is 0 Å². The van der Waals surface area contributed by atoms with Crippen LogP contribution >= 0.6 is 0 Å². The van der Waals surface area contributed by atoms with Crippen LogP contribution in [0.5, 0.6) is 0 Å². The van der Waals surface area contributed by atoms with Crippen molar-refractivity contribution in [3.05, 3.63) is 16.4 Å². The van der Waals surface area contributed by atoms with E-state index >= 15 is 0 Å².